The van der Waals surface area contributed by atoms with Gasteiger partial charge in [0.25, 0.3) is 0 Å². The topological polar surface area (TPSA) is 34.1 Å². The maximum absolute atomic E-state index is 13.0. The van der Waals surface area contributed by atoms with E-state index in [-0.39, 0.29) is 0 Å². The van der Waals surface area contributed by atoms with E-state index < -0.39 is 9.84 Å². The molecule has 0 atom stereocenters. The van der Waals surface area contributed by atoms with Crippen LogP contribution in [0.3, 0.4) is 0 Å². The van der Waals surface area contributed by atoms with Gasteiger partial charge < -0.3 is 0 Å². The predicted molar refractivity (Wildman–Crippen MR) is 140 cm³/mol. The van der Waals surface area contributed by atoms with Gasteiger partial charge in [0.15, 0.2) is 0 Å². The standard InChI is InChI=1S/C28H26O2S3/c29-33(30,27-15-11-25(12-16-27)31-21-19-23-7-3-1-4-8-23)28-17-13-26(14-18-28)32-22-20-24-9-5-2-6-10-24/h1-18H,19-22H2. The van der Waals surface area contributed by atoms with Crippen molar-refractivity contribution in [3.05, 3.63) is 120 Å². The third-order valence-electron chi connectivity index (χ3n) is 5.27. The lowest BCUT2D eigenvalue weighted by molar-refractivity contribution is 0.596. The summed E-state index contributed by atoms with van der Waals surface area (Å²) in [5.41, 5.74) is 2.62. The van der Waals surface area contributed by atoms with E-state index in [0.29, 0.717) is 9.79 Å². The summed E-state index contributed by atoms with van der Waals surface area (Å²) >= 11 is 3.48. The van der Waals surface area contributed by atoms with E-state index in [1.807, 2.05) is 36.4 Å². The van der Waals surface area contributed by atoms with Gasteiger partial charge in [-0.1, -0.05) is 60.7 Å². The fourth-order valence-corrected chi connectivity index (χ4v) is 6.49. The molecule has 0 aromatic heterocycles. The first-order valence-corrected chi connectivity index (χ1v) is 14.4. The smallest absolute Gasteiger partial charge is 0.206 e. The number of aryl methyl sites for hydroxylation is 2. The van der Waals surface area contributed by atoms with Crippen LogP contribution in [-0.2, 0) is 22.7 Å². The number of thioether (sulfide) groups is 2. The van der Waals surface area contributed by atoms with Gasteiger partial charge in [0.1, 0.15) is 0 Å². The van der Waals surface area contributed by atoms with E-state index in [1.54, 1.807) is 47.8 Å². The van der Waals surface area contributed by atoms with Gasteiger partial charge in [0.05, 0.1) is 9.79 Å². The molecule has 0 unspecified atom stereocenters. The minimum absolute atomic E-state index is 0.333. The SMILES string of the molecule is O=S(=O)(c1ccc(SCCc2ccccc2)cc1)c1ccc(SCCc2ccccc2)cc1. The fourth-order valence-electron chi connectivity index (χ4n) is 3.43. The summed E-state index contributed by atoms with van der Waals surface area (Å²) in [5.74, 6) is 1.92. The maximum Gasteiger partial charge on any atom is 0.206 e. The minimum Gasteiger partial charge on any atom is -0.219 e. The summed E-state index contributed by atoms with van der Waals surface area (Å²) in [7, 11) is -3.52. The third-order valence-corrected chi connectivity index (χ3v) is 9.09. The zero-order valence-electron chi connectivity index (χ0n) is 18.3. The molecule has 0 aliphatic carbocycles. The van der Waals surface area contributed by atoms with Crippen LogP contribution in [0.25, 0.3) is 0 Å². The van der Waals surface area contributed by atoms with E-state index in [9.17, 15) is 8.42 Å². The molecule has 0 saturated carbocycles. The van der Waals surface area contributed by atoms with Crippen molar-refractivity contribution in [3.63, 3.8) is 0 Å². The van der Waals surface area contributed by atoms with Crippen molar-refractivity contribution in [1.29, 1.82) is 0 Å². The van der Waals surface area contributed by atoms with Crippen molar-refractivity contribution in [2.45, 2.75) is 32.4 Å². The lowest BCUT2D eigenvalue weighted by Crippen LogP contribution is -2.01. The number of sulfone groups is 1. The highest BCUT2D eigenvalue weighted by Gasteiger charge is 2.17. The van der Waals surface area contributed by atoms with Gasteiger partial charge in [-0.2, -0.15) is 0 Å². The van der Waals surface area contributed by atoms with Crippen molar-refractivity contribution in [3.8, 4) is 0 Å². The molecule has 0 bridgehead atoms. The molecule has 0 radical (unpaired) electrons. The zero-order valence-corrected chi connectivity index (χ0v) is 20.7. The summed E-state index contributed by atoms with van der Waals surface area (Å²) in [5, 5.41) is 0. The Hall–Kier alpha value is -2.47. The van der Waals surface area contributed by atoms with Crippen molar-refractivity contribution >= 4 is 33.4 Å². The van der Waals surface area contributed by atoms with Crippen LogP contribution in [0.2, 0.25) is 0 Å². The van der Waals surface area contributed by atoms with Crippen molar-refractivity contribution in [2.75, 3.05) is 11.5 Å². The Bertz CT molecular complexity index is 1140. The Kier molecular flexibility index (Phi) is 8.32. The molecule has 0 aliphatic rings. The van der Waals surface area contributed by atoms with Crippen molar-refractivity contribution in [1.82, 2.24) is 0 Å². The Morgan fingerprint density at radius 3 is 1.21 bits per heavy atom. The van der Waals surface area contributed by atoms with Crippen LogP contribution in [0.5, 0.6) is 0 Å². The molecule has 0 fully saturated rings. The first-order valence-electron chi connectivity index (χ1n) is 10.9. The van der Waals surface area contributed by atoms with E-state index in [4.69, 9.17) is 0 Å². The van der Waals surface area contributed by atoms with E-state index in [0.717, 1.165) is 34.1 Å². The molecular weight excluding hydrogens is 465 g/mol. The second-order valence-corrected chi connectivity index (χ2v) is 11.9. The predicted octanol–water partition coefficient (Wildman–Crippen LogP) is 7.19. The molecule has 4 aromatic carbocycles. The summed E-state index contributed by atoms with van der Waals surface area (Å²) in [6, 6.07) is 35.2. The molecule has 0 saturated heterocycles. The molecule has 0 aliphatic heterocycles. The summed E-state index contributed by atoms with van der Waals surface area (Å²) in [6.45, 7) is 0. The average molecular weight is 491 g/mol. The average Bonchev–Trinajstić information content (AvgIpc) is 2.86. The molecule has 0 heterocycles. The molecule has 0 N–H and O–H groups in total. The van der Waals surface area contributed by atoms with Gasteiger partial charge in [-0.15, -0.1) is 23.5 Å². The van der Waals surface area contributed by atoms with Gasteiger partial charge >= 0.3 is 0 Å². The van der Waals surface area contributed by atoms with Gasteiger partial charge in [0.2, 0.25) is 9.84 Å². The molecule has 4 rings (SSSR count). The molecule has 0 amide bonds. The highest BCUT2D eigenvalue weighted by Crippen LogP contribution is 2.27. The summed E-state index contributed by atoms with van der Waals surface area (Å²) < 4.78 is 26.1. The number of benzene rings is 4. The first-order chi connectivity index (χ1) is 16.1. The first kappa shape index (κ1) is 23.7. The molecule has 168 valence electrons. The normalized spacial score (nSPS) is 11.4. The van der Waals surface area contributed by atoms with Crippen LogP contribution in [-0.4, -0.2) is 19.9 Å². The monoisotopic (exact) mass is 490 g/mol. The van der Waals surface area contributed by atoms with Gasteiger partial charge in [-0.05, 0) is 72.5 Å². The summed E-state index contributed by atoms with van der Waals surface area (Å²) in [4.78, 5) is 2.82. The Morgan fingerprint density at radius 2 is 0.848 bits per heavy atom. The Morgan fingerprint density at radius 1 is 0.485 bits per heavy atom. The van der Waals surface area contributed by atoms with Gasteiger partial charge in [-0.3, -0.25) is 0 Å². The highest BCUT2D eigenvalue weighted by molar-refractivity contribution is 7.99. The number of rotatable bonds is 10. The Labute approximate surface area is 205 Å². The fraction of sp³-hybridized carbons (Fsp3) is 0.143. The second kappa shape index (κ2) is 11.6. The quantitative estimate of drug-likeness (QED) is 0.220. The lowest BCUT2D eigenvalue weighted by atomic mass is 10.2. The number of hydrogen-bond acceptors (Lipinski definition) is 4. The number of hydrogen-bond donors (Lipinski definition) is 0. The molecular formula is C28H26O2S3. The third kappa shape index (κ3) is 6.76. The summed E-state index contributed by atoms with van der Waals surface area (Å²) in [6.07, 6.45) is 1.97. The van der Waals surface area contributed by atoms with Crippen molar-refractivity contribution < 1.29 is 8.42 Å². The zero-order chi connectivity index (χ0) is 22.9. The van der Waals surface area contributed by atoms with E-state index in [1.165, 1.54) is 11.1 Å². The molecule has 0 spiro atoms. The van der Waals surface area contributed by atoms with Gasteiger partial charge in [-0.25, -0.2) is 8.42 Å². The lowest BCUT2D eigenvalue weighted by Gasteiger charge is -2.08. The van der Waals surface area contributed by atoms with Crippen LogP contribution in [0.4, 0.5) is 0 Å². The highest BCUT2D eigenvalue weighted by atomic mass is 32.2. The molecule has 33 heavy (non-hydrogen) atoms. The minimum atomic E-state index is -3.52. The molecule has 4 aromatic rings. The molecule has 2 nitrogen and oxygen atoms in total. The second-order valence-electron chi connectivity index (χ2n) is 7.61. The molecule has 5 heteroatoms. The van der Waals surface area contributed by atoms with Gasteiger partial charge in [0, 0.05) is 21.3 Å². The van der Waals surface area contributed by atoms with Crippen LogP contribution >= 0.6 is 23.5 Å². The van der Waals surface area contributed by atoms with E-state index >= 15 is 0 Å². The van der Waals surface area contributed by atoms with Crippen LogP contribution in [0.1, 0.15) is 11.1 Å². The largest absolute Gasteiger partial charge is 0.219 e. The van der Waals surface area contributed by atoms with E-state index in [2.05, 4.69) is 48.5 Å². The Balaban J connectivity index is 1.32. The van der Waals surface area contributed by atoms with Crippen LogP contribution in [0, 0.1) is 0 Å². The van der Waals surface area contributed by atoms with Crippen LogP contribution < -0.4 is 0 Å². The van der Waals surface area contributed by atoms with Crippen molar-refractivity contribution in [2.24, 2.45) is 0 Å². The van der Waals surface area contributed by atoms with Crippen LogP contribution in [0.15, 0.2) is 129 Å². The maximum atomic E-state index is 13.0.